The summed E-state index contributed by atoms with van der Waals surface area (Å²) in [7, 11) is 1.68. The van der Waals surface area contributed by atoms with Gasteiger partial charge in [0.15, 0.2) is 11.5 Å². The van der Waals surface area contributed by atoms with E-state index in [0.717, 1.165) is 0 Å². The first-order valence-electron chi connectivity index (χ1n) is 4.61. The topological polar surface area (TPSA) is 99.0 Å². The van der Waals surface area contributed by atoms with Gasteiger partial charge in [0.05, 0.1) is 6.10 Å². The van der Waals surface area contributed by atoms with E-state index in [1.54, 1.807) is 7.05 Å². The molecular formula is C10H13NO5. The Hall–Kier alpha value is -1.79. The molecule has 16 heavy (non-hydrogen) atoms. The molecule has 0 fully saturated rings. The number of rotatable bonds is 4. The second-order valence-corrected chi connectivity index (χ2v) is 3.17. The van der Waals surface area contributed by atoms with Gasteiger partial charge in [0.2, 0.25) is 0 Å². The predicted molar refractivity (Wildman–Crippen MR) is 55.6 cm³/mol. The highest BCUT2D eigenvalue weighted by Gasteiger charge is 2.12. The summed E-state index contributed by atoms with van der Waals surface area (Å²) >= 11 is 0. The van der Waals surface area contributed by atoms with Gasteiger partial charge in [-0.1, -0.05) is 6.07 Å². The van der Waals surface area contributed by atoms with E-state index in [-0.39, 0.29) is 11.5 Å². The molecule has 0 bridgehead atoms. The lowest BCUT2D eigenvalue weighted by Crippen LogP contribution is -2.16. The third kappa shape index (κ3) is 3.11. The third-order valence-corrected chi connectivity index (χ3v) is 1.96. The first-order valence-corrected chi connectivity index (χ1v) is 4.61. The van der Waals surface area contributed by atoms with Crippen LogP contribution in [0.2, 0.25) is 0 Å². The number of aromatic hydroxyl groups is 1. The number of nitrogens with one attached hydrogen (secondary N) is 1. The van der Waals surface area contributed by atoms with Crippen LogP contribution in [-0.2, 0) is 0 Å². The molecule has 0 saturated carbocycles. The minimum absolute atomic E-state index is 0.194. The van der Waals surface area contributed by atoms with Crippen LogP contribution >= 0.6 is 0 Å². The van der Waals surface area contributed by atoms with Crippen LogP contribution in [0.15, 0.2) is 18.2 Å². The smallest absolute Gasteiger partial charge is 0.504 e. The molecule has 0 heterocycles. The molecule has 0 radical (unpaired) electrons. The van der Waals surface area contributed by atoms with E-state index in [0.29, 0.717) is 12.1 Å². The summed E-state index contributed by atoms with van der Waals surface area (Å²) in [5.74, 6) is -0.483. The van der Waals surface area contributed by atoms with Crippen molar-refractivity contribution in [1.29, 1.82) is 0 Å². The maximum Gasteiger partial charge on any atom is 0.511 e. The van der Waals surface area contributed by atoms with Crippen molar-refractivity contribution in [3.63, 3.8) is 0 Å². The quantitative estimate of drug-likeness (QED) is 0.446. The molecule has 88 valence electrons. The number of hydrogen-bond donors (Lipinski definition) is 4. The van der Waals surface area contributed by atoms with Crippen molar-refractivity contribution in [3.8, 4) is 11.5 Å². The molecule has 6 nitrogen and oxygen atoms in total. The molecule has 0 aromatic heterocycles. The average Bonchev–Trinajstić information content (AvgIpc) is 2.21. The summed E-state index contributed by atoms with van der Waals surface area (Å²) < 4.78 is 4.35. The number of aliphatic hydroxyl groups is 1. The van der Waals surface area contributed by atoms with Crippen LogP contribution in [0.3, 0.4) is 0 Å². The molecule has 1 rings (SSSR count). The van der Waals surface area contributed by atoms with Crippen LogP contribution in [0.4, 0.5) is 4.79 Å². The number of hydrogen-bond acceptors (Lipinski definition) is 5. The average molecular weight is 227 g/mol. The molecule has 0 saturated heterocycles. The number of benzene rings is 1. The molecule has 0 aliphatic rings. The molecule has 0 aliphatic heterocycles. The van der Waals surface area contributed by atoms with Crippen LogP contribution in [0.1, 0.15) is 11.7 Å². The van der Waals surface area contributed by atoms with Gasteiger partial charge in [0, 0.05) is 6.54 Å². The Bertz CT molecular complexity index is 379. The first kappa shape index (κ1) is 12.3. The van der Waals surface area contributed by atoms with Crippen molar-refractivity contribution in [2.45, 2.75) is 6.10 Å². The van der Waals surface area contributed by atoms with Gasteiger partial charge >= 0.3 is 6.16 Å². The summed E-state index contributed by atoms with van der Waals surface area (Å²) in [6, 6.07) is 4.05. The number of carboxylic acid groups (broad SMARTS) is 1. The lowest BCUT2D eigenvalue weighted by atomic mass is 10.1. The van der Waals surface area contributed by atoms with E-state index >= 15 is 0 Å². The standard InChI is InChI=1S/C10H13NO5/c1-11-5-8(13)6-2-3-7(12)9(4-6)16-10(14)15/h2-4,8,11-13H,5H2,1H3,(H,14,15). The number of aliphatic hydroxyl groups excluding tert-OH is 1. The summed E-state index contributed by atoms with van der Waals surface area (Å²) in [4.78, 5) is 10.3. The van der Waals surface area contributed by atoms with Crippen LogP contribution in [0.25, 0.3) is 0 Å². The van der Waals surface area contributed by atoms with Gasteiger partial charge in [-0.25, -0.2) is 4.79 Å². The summed E-state index contributed by atoms with van der Waals surface area (Å²) in [6.45, 7) is 0.317. The van der Waals surface area contributed by atoms with Crippen molar-refractivity contribution in [1.82, 2.24) is 5.32 Å². The van der Waals surface area contributed by atoms with E-state index < -0.39 is 12.3 Å². The lowest BCUT2D eigenvalue weighted by molar-refractivity contribution is 0.142. The van der Waals surface area contributed by atoms with Crippen molar-refractivity contribution in [2.75, 3.05) is 13.6 Å². The Morgan fingerprint density at radius 3 is 2.81 bits per heavy atom. The molecule has 1 aromatic rings. The summed E-state index contributed by atoms with van der Waals surface area (Å²) in [5, 5.41) is 30.1. The van der Waals surface area contributed by atoms with Crippen LogP contribution in [-0.4, -0.2) is 35.1 Å². The van der Waals surface area contributed by atoms with E-state index in [1.165, 1.54) is 18.2 Å². The highest BCUT2D eigenvalue weighted by atomic mass is 16.7. The van der Waals surface area contributed by atoms with Crippen molar-refractivity contribution in [2.24, 2.45) is 0 Å². The maximum absolute atomic E-state index is 10.3. The second-order valence-electron chi connectivity index (χ2n) is 3.17. The van der Waals surface area contributed by atoms with Crippen LogP contribution in [0.5, 0.6) is 11.5 Å². The van der Waals surface area contributed by atoms with Gasteiger partial charge in [-0.3, -0.25) is 0 Å². The Labute approximate surface area is 92.1 Å². The minimum atomic E-state index is -1.52. The van der Waals surface area contributed by atoms with E-state index in [4.69, 9.17) is 5.11 Å². The SMILES string of the molecule is CNCC(O)c1ccc(O)c(OC(=O)O)c1. The highest BCUT2D eigenvalue weighted by Crippen LogP contribution is 2.29. The van der Waals surface area contributed by atoms with Crippen molar-refractivity contribution in [3.05, 3.63) is 23.8 Å². The van der Waals surface area contributed by atoms with Crippen LogP contribution < -0.4 is 10.1 Å². The Morgan fingerprint density at radius 2 is 2.25 bits per heavy atom. The molecule has 0 spiro atoms. The Morgan fingerprint density at radius 1 is 1.56 bits per heavy atom. The maximum atomic E-state index is 10.3. The van der Waals surface area contributed by atoms with E-state index in [1.807, 2.05) is 0 Å². The largest absolute Gasteiger partial charge is 0.511 e. The predicted octanol–water partition coefficient (Wildman–Crippen LogP) is 0.702. The molecule has 6 heteroatoms. The lowest BCUT2D eigenvalue weighted by Gasteiger charge is -2.12. The molecule has 1 atom stereocenters. The summed E-state index contributed by atoms with van der Waals surface area (Å²) in [5.41, 5.74) is 0.461. The zero-order chi connectivity index (χ0) is 12.1. The van der Waals surface area contributed by atoms with Gasteiger partial charge in [-0.2, -0.15) is 0 Å². The number of phenolic OH excluding ortho intramolecular Hbond substituents is 1. The molecule has 1 aromatic carbocycles. The normalized spacial score (nSPS) is 12.1. The number of likely N-dealkylation sites (N-methyl/N-ethyl adjacent to an activating group) is 1. The zero-order valence-corrected chi connectivity index (χ0v) is 8.67. The van der Waals surface area contributed by atoms with Crippen molar-refractivity contribution >= 4 is 6.16 Å². The molecule has 0 aliphatic carbocycles. The molecular weight excluding hydrogens is 214 g/mol. The second kappa shape index (κ2) is 5.34. The Balaban J connectivity index is 2.92. The first-order chi connectivity index (χ1) is 7.54. The van der Waals surface area contributed by atoms with Gasteiger partial charge < -0.3 is 25.4 Å². The molecule has 0 amide bonds. The van der Waals surface area contributed by atoms with Gasteiger partial charge in [0.1, 0.15) is 0 Å². The third-order valence-electron chi connectivity index (χ3n) is 1.96. The van der Waals surface area contributed by atoms with Gasteiger partial charge in [0.25, 0.3) is 0 Å². The number of carbonyl (C=O) groups is 1. The Kier molecular flexibility index (Phi) is 4.10. The monoisotopic (exact) mass is 227 g/mol. The highest BCUT2D eigenvalue weighted by molar-refractivity contribution is 5.63. The summed E-state index contributed by atoms with van der Waals surface area (Å²) in [6.07, 6.45) is -2.31. The van der Waals surface area contributed by atoms with Gasteiger partial charge in [-0.05, 0) is 24.7 Å². The zero-order valence-electron chi connectivity index (χ0n) is 8.67. The van der Waals surface area contributed by atoms with Crippen molar-refractivity contribution < 1.29 is 24.9 Å². The fourth-order valence-corrected chi connectivity index (χ4v) is 1.23. The van der Waals surface area contributed by atoms with E-state index in [9.17, 15) is 15.0 Å². The number of ether oxygens (including phenoxy) is 1. The minimum Gasteiger partial charge on any atom is -0.504 e. The van der Waals surface area contributed by atoms with Gasteiger partial charge in [-0.15, -0.1) is 0 Å². The van der Waals surface area contributed by atoms with E-state index in [2.05, 4.69) is 10.1 Å². The fraction of sp³-hybridized carbons (Fsp3) is 0.300. The fourth-order valence-electron chi connectivity index (χ4n) is 1.23. The van der Waals surface area contributed by atoms with Crippen LogP contribution in [0, 0.1) is 0 Å². The number of phenols is 1. The molecule has 4 N–H and O–H groups in total. The molecule has 1 unspecified atom stereocenters.